The van der Waals surface area contributed by atoms with Crippen LogP contribution in [0, 0.1) is 0 Å². The van der Waals surface area contributed by atoms with Gasteiger partial charge in [0.2, 0.25) is 5.91 Å². The lowest BCUT2D eigenvalue weighted by atomic mass is 10.00. The topological polar surface area (TPSA) is 110 Å². The molecule has 6 heteroatoms. The Labute approximate surface area is 425 Å². The summed E-state index contributed by atoms with van der Waals surface area (Å²) in [4.78, 5) is 12.6. The predicted molar refractivity (Wildman–Crippen MR) is 298 cm³/mol. The van der Waals surface area contributed by atoms with E-state index in [0.29, 0.717) is 12.8 Å². The molecular weight excluding hydrogens is 839 g/mol. The molecule has 6 nitrogen and oxygen atoms in total. The maximum Gasteiger partial charge on any atom is 0.249 e. The van der Waals surface area contributed by atoms with Crippen LogP contribution in [0.1, 0.15) is 348 Å². The van der Waals surface area contributed by atoms with Gasteiger partial charge in [0.25, 0.3) is 0 Å². The highest BCUT2D eigenvalue weighted by molar-refractivity contribution is 5.80. The highest BCUT2D eigenvalue weighted by atomic mass is 16.3. The van der Waals surface area contributed by atoms with Gasteiger partial charge in [-0.15, -0.1) is 0 Å². The summed E-state index contributed by atoms with van der Waals surface area (Å²) < 4.78 is 0. The number of rotatable bonds is 58. The van der Waals surface area contributed by atoms with Gasteiger partial charge < -0.3 is 25.7 Å². The molecule has 0 fully saturated rings. The maximum atomic E-state index is 12.6. The van der Waals surface area contributed by atoms with Crippen molar-refractivity contribution in [1.82, 2.24) is 5.32 Å². The fraction of sp³-hybridized carbons (Fsp3) is 0.952. The number of amides is 1. The molecule has 0 radical (unpaired) electrons. The monoisotopic (exact) mass is 962 g/mol. The Morgan fingerprint density at radius 3 is 0.882 bits per heavy atom. The summed E-state index contributed by atoms with van der Waals surface area (Å²) in [5.41, 5.74) is 0. The first-order valence-electron chi connectivity index (χ1n) is 31.1. The van der Waals surface area contributed by atoms with E-state index < -0.39 is 36.9 Å². The summed E-state index contributed by atoms with van der Waals surface area (Å²) in [6, 6.07) is -0.999. The quantitative estimate of drug-likeness (QED) is 0.0308. The van der Waals surface area contributed by atoms with Gasteiger partial charge in [-0.25, -0.2) is 0 Å². The van der Waals surface area contributed by atoms with Crippen molar-refractivity contribution in [2.75, 3.05) is 6.61 Å². The van der Waals surface area contributed by atoms with Gasteiger partial charge in [-0.05, 0) is 38.5 Å². The van der Waals surface area contributed by atoms with Crippen LogP contribution in [0.3, 0.4) is 0 Å². The van der Waals surface area contributed by atoms with Crippen molar-refractivity contribution in [2.24, 2.45) is 0 Å². The first-order valence-corrected chi connectivity index (χ1v) is 31.1. The molecule has 0 saturated carbocycles. The van der Waals surface area contributed by atoms with E-state index >= 15 is 0 Å². The smallest absolute Gasteiger partial charge is 0.249 e. The van der Waals surface area contributed by atoms with Crippen molar-refractivity contribution in [3.05, 3.63) is 12.2 Å². The largest absolute Gasteiger partial charge is 0.394 e. The van der Waals surface area contributed by atoms with E-state index in [1.54, 1.807) is 0 Å². The van der Waals surface area contributed by atoms with Gasteiger partial charge in [0.1, 0.15) is 12.2 Å². The van der Waals surface area contributed by atoms with Crippen LogP contribution in [0.15, 0.2) is 12.2 Å². The molecule has 0 aromatic heterocycles. The van der Waals surface area contributed by atoms with Crippen LogP contribution in [0.5, 0.6) is 0 Å². The van der Waals surface area contributed by atoms with Gasteiger partial charge >= 0.3 is 0 Å². The number of hydrogen-bond acceptors (Lipinski definition) is 5. The Bertz CT molecular complexity index is 990. The normalized spacial score (nSPS) is 13.7. The summed E-state index contributed by atoms with van der Waals surface area (Å²) in [5.74, 6) is -0.585. The number of allylic oxidation sites excluding steroid dienone is 2. The van der Waals surface area contributed by atoms with Crippen LogP contribution in [0.2, 0.25) is 0 Å². The second-order valence-electron chi connectivity index (χ2n) is 21.8. The lowest BCUT2D eigenvalue weighted by molar-refractivity contribution is -0.132. The number of hydrogen-bond donors (Lipinski definition) is 5. The summed E-state index contributed by atoms with van der Waals surface area (Å²) in [7, 11) is 0. The fourth-order valence-corrected chi connectivity index (χ4v) is 10.1. The molecule has 0 spiro atoms. The highest BCUT2D eigenvalue weighted by Crippen LogP contribution is 2.19. The molecule has 5 N–H and O–H groups in total. The fourth-order valence-electron chi connectivity index (χ4n) is 10.1. The summed E-state index contributed by atoms with van der Waals surface area (Å²) in [6.07, 6.45) is 68.8. The Morgan fingerprint density at radius 2 is 0.603 bits per heavy atom. The Morgan fingerprint density at radius 1 is 0.353 bits per heavy atom. The first kappa shape index (κ1) is 67.0. The molecule has 4 unspecified atom stereocenters. The molecule has 0 aromatic rings. The number of nitrogens with one attached hydrogen (secondary N) is 1. The van der Waals surface area contributed by atoms with Crippen LogP contribution in [-0.2, 0) is 4.79 Å². The van der Waals surface area contributed by atoms with Crippen molar-refractivity contribution in [3.63, 3.8) is 0 Å². The third-order valence-electron chi connectivity index (χ3n) is 15.0. The SMILES string of the molecule is CCCCCCCCCCCCCCCCC/C=C/CCCC(O)C(O)C(CO)NC(=O)C(O)CCCCCCCCCCCCCCCCCCCCCCCCCCCCCCCCCC. The molecule has 0 aliphatic rings. The highest BCUT2D eigenvalue weighted by Gasteiger charge is 2.28. The first-order chi connectivity index (χ1) is 33.5. The number of carbonyl (C=O) groups is 1. The van der Waals surface area contributed by atoms with E-state index in [2.05, 4.69) is 31.3 Å². The second kappa shape index (κ2) is 57.0. The Kier molecular flexibility index (Phi) is 56.2. The number of aliphatic hydroxyl groups excluding tert-OH is 4. The van der Waals surface area contributed by atoms with E-state index in [9.17, 15) is 25.2 Å². The number of aliphatic hydroxyl groups is 4. The third kappa shape index (κ3) is 50.0. The molecule has 0 heterocycles. The average molecular weight is 963 g/mol. The van der Waals surface area contributed by atoms with E-state index in [0.717, 1.165) is 38.5 Å². The molecular formula is C62H123NO5. The minimum absolute atomic E-state index is 0.369. The Balaban J connectivity index is 3.55. The average Bonchev–Trinajstić information content (AvgIpc) is 3.34. The molecule has 0 aliphatic carbocycles. The molecule has 0 aromatic carbocycles. The molecule has 4 atom stereocenters. The van der Waals surface area contributed by atoms with Crippen molar-refractivity contribution in [2.45, 2.75) is 372 Å². The van der Waals surface area contributed by atoms with Crippen LogP contribution in [0.4, 0.5) is 0 Å². The zero-order chi connectivity index (χ0) is 49.5. The lowest BCUT2D eigenvalue weighted by Crippen LogP contribution is -2.53. The van der Waals surface area contributed by atoms with Crippen molar-refractivity contribution >= 4 is 5.91 Å². The summed E-state index contributed by atoms with van der Waals surface area (Å²) in [5, 5.41) is 44.0. The van der Waals surface area contributed by atoms with Crippen molar-refractivity contribution in [1.29, 1.82) is 0 Å². The van der Waals surface area contributed by atoms with Gasteiger partial charge in [0, 0.05) is 0 Å². The van der Waals surface area contributed by atoms with Crippen molar-refractivity contribution in [3.8, 4) is 0 Å². The second-order valence-corrected chi connectivity index (χ2v) is 21.8. The van der Waals surface area contributed by atoms with E-state index in [4.69, 9.17) is 0 Å². The predicted octanol–water partition coefficient (Wildman–Crippen LogP) is 18.4. The summed E-state index contributed by atoms with van der Waals surface area (Å²) in [6.45, 7) is 4.09. The maximum absolute atomic E-state index is 12.6. The molecule has 0 rings (SSSR count). The Hall–Kier alpha value is -0.950. The zero-order valence-corrected chi connectivity index (χ0v) is 46.1. The van der Waals surface area contributed by atoms with E-state index in [1.165, 1.54) is 283 Å². The van der Waals surface area contributed by atoms with Gasteiger partial charge in [-0.2, -0.15) is 0 Å². The standard InChI is InChI=1S/C62H123NO5/c1-3-5-7-9-11-13-15-17-19-21-23-25-26-27-28-29-30-31-32-33-34-35-36-38-40-42-44-46-48-50-52-54-56-60(66)62(68)63-58(57-64)61(67)59(65)55-53-51-49-47-45-43-41-39-37-24-22-20-18-16-14-12-10-8-6-4-2/h47,49,58-61,64-67H,3-46,48,50-57H2,1-2H3,(H,63,68)/b49-47+. The molecule has 0 aliphatic heterocycles. The third-order valence-corrected chi connectivity index (χ3v) is 15.0. The van der Waals surface area contributed by atoms with Crippen LogP contribution in [0.25, 0.3) is 0 Å². The van der Waals surface area contributed by atoms with Gasteiger partial charge in [-0.3, -0.25) is 4.79 Å². The van der Waals surface area contributed by atoms with Gasteiger partial charge in [0.05, 0.1) is 18.8 Å². The van der Waals surface area contributed by atoms with Crippen LogP contribution < -0.4 is 5.32 Å². The molecule has 406 valence electrons. The van der Waals surface area contributed by atoms with E-state index in [-0.39, 0.29) is 0 Å². The minimum atomic E-state index is -1.28. The zero-order valence-electron chi connectivity index (χ0n) is 46.1. The van der Waals surface area contributed by atoms with Gasteiger partial charge in [0.15, 0.2) is 0 Å². The number of unbranched alkanes of at least 4 members (excludes halogenated alkanes) is 47. The molecule has 0 bridgehead atoms. The van der Waals surface area contributed by atoms with Crippen molar-refractivity contribution < 1.29 is 25.2 Å². The van der Waals surface area contributed by atoms with E-state index in [1.807, 2.05) is 0 Å². The number of carbonyl (C=O) groups excluding carboxylic acids is 1. The van der Waals surface area contributed by atoms with Crippen LogP contribution in [-0.4, -0.2) is 57.3 Å². The minimum Gasteiger partial charge on any atom is -0.394 e. The van der Waals surface area contributed by atoms with Gasteiger partial charge in [-0.1, -0.05) is 321 Å². The molecule has 0 saturated heterocycles. The molecule has 1 amide bonds. The lowest BCUT2D eigenvalue weighted by Gasteiger charge is -2.27. The molecule has 68 heavy (non-hydrogen) atoms. The summed E-state index contributed by atoms with van der Waals surface area (Å²) >= 11 is 0. The van der Waals surface area contributed by atoms with Crippen LogP contribution >= 0.6 is 0 Å².